The molecule has 0 unspecified atom stereocenters. The lowest BCUT2D eigenvalue weighted by molar-refractivity contribution is -0.289. The van der Waals surface area contributed by atoms with Gasteiger partial charge in [0.2, 0.25) is 18.3 Å². The van der Waals surface area contributed by atoms with Gasteiger partial charge in [0.15, 0.2) is 12.2 Å². The van der Waals surface area contributed by atoms with Crippen molar-refractivity contribution in [2.24, 2.45) is 0 Å². The number of hydrogen-bond donors (Lipinski definition) is 1. The zero-order valence-electron chi connectivity index (χ0n) is 32.9. The number of esters is 4. The SMILES string of the molecule is CC(=O)OC[C@H]1O[C@@H](Oc2nc(-c3ccc(NS(=O)(=O)c4ccc(C)cc4)cc3)cc(-c3ccc(C(C)C)cc3)c2C#N)[C@H](OC(C)=O)[C@@H](OC(C)=O)[C@@H]1OC(C)=O. The first-order valence-corrected chi connectivity index (χ1v) is 19.7. The zero-order valence-corrected chi connectivity index (χ0v) is 33.7. The van der Waals surface area contributed by atoms with Crippen LogP contribution in [0.15, 0.2) is 83.8 Å². The van der Waals surface area contributed by atoms with Crippen molar-refractivity contribution < 1.29 is 56.0 Å². The Morgan fingerprint density at radius 2 is 1.36 bits per heavy atom. The van der Waals surface area contributed by atoms with Crippen molar-refractivity contribution in [2.75, 3.05) is 11.3 Å². The molecule has 1 N–H and O–H groups in total. The van der Waals surface area contributed by atoms with Crippen molar-refractivity contribution in [3.8, 4) is 34.3 Å². The molecular formula is C42H43N3O12S. The minimum Gasteiger partial charge on any atom is -0.463 e. The Labute approximate surface area is 336 Å². The van der Waals surface area contributed by atoms with Gasteiger partial charge in [0.25, 0.3) is 10.0 Å². The molecule has 15 nitrogen and oxygen atoms in total. The number of pyridine rings is 1. The highest BCUT2D eigenvalue weighted by Gasteiger charge is 2.53. The van der Waals surface area contributed by atoms with Gasteiger partial charge >= 0.3 is 23.9 Å². The van der Waals surface area contributed by atoms with E-state index in [9.17, 15) is 32.9 Å². The minimum atomic E-state index is -3.90. The van der Waals surface area contributed by atoms with Gasteiger partial charge in [0.05, 0.1) is 10.6 Å². The summed E-state index contributed by atoms with van der Waals surface area (Å²) >= 11 is 0. The highest BCUT2D eigenvalue weighted by Crippen LogP contribution is 2.37. The molecule has 0 amide bonds. The Morgan fingerprint density at radius 3 is 1.91 bits per heavy atom. The Hall–Kier alpha value is -6.31. The summed E-state index contributed by atoms with van der Waals surface area (Å²) in [7, 11) is -3.90. The molecule has 16 heteroatoms. The molecule has 0 aliphatic carbocycles. The number of carbonyl (C=O) groups is 4. The summed E-state index contributed by atoms with van der Waals surface area (Å²) < 4.78 is 63.0. The van der Waals surface area contributed by atoms with Crippen molar-refractivity contribution in [1.29, 1.82) is 5.26 Å². The first-order valence-electron chi connectivity index (χ1n) is 18.2. The van der Waals surface area contributed by atoms with Gasteiger partial charge in [-0.15, -0.1) is 0 Å². The molecule has 304 valence electrons. The predicted molar refractivity (Wildman–Crippen MR) is 208 cm³/mol. The number of aryl methyl sites for hydroxylation is 1. The number of nitrogens with one attached hydrogen (secondary N) is 1. The Balaban J connectivity index is 1.62. The number of sulfonamides is 1. The molecule has 0 bridgehead atoms. The lowest BCUT2D eigenvalue weighted by Crippen LogP contribution is -2.63. The largest absolute Gasteiger partial charge is 0.463 e. The van der Waals surface area contributed by atoms with E-state index in [4.69, 9.17) is 28.4 Å². The van der Waals surface area contributed by atoms with Crippen LogP contribution in [-0.4, -0.2) is 74.6 Å². The Kier molecular flexibility index (Phi) is 13.5. The molecule has 58 heavy (non-hydrogen) atoms. The molecule has 1 aliphatic rings. The van der Waals surface area contributed by atoms with Crippen LogP contribution in [-0.2, 0) is 52.9 Å². The number of rotatable bonds is 13. The van der Waals surface area contributed by atoms with Gasteiger partial charge in [-0.1, -0.05) is 67.9 Å². The molecule has 0 spiro atoms. The lowest BCUT2D eigenvalue weighted by Gasteiger charge is -2.43. The predicted octanol–water partition coefficient (Wildman–Crippen LogP) is 5.98. The summed E-state index contributed by atoms with van der Waals surface area (Å²) in [5.41, 5.74) is 3.99. The van der Waals surface area contributed by atoms with Crippen LogP contribution in [0, 0.1) is 18.3 Å². The summed E-state index contributed by atoms with van der Waals surface area (Å²) in [4.78, 5) is 53.8. The number of nitrogens with zero attached hydrogens (tertiary/aromatic N) is 2. The molecule has 5 atom stereocenters. The van der Waals surface area contributed by atoms with Gasteiger partial charge in [-0.2, -0.15) is 5.26 Å². The van der Waals surface area contributed by atoms with Crippen LogP contribution in [0.25, 0.3) is 22.4 Å². The van der Waals surface area contributed by atoms with Crippen LogP contribution in [0.3, 0.4) is 0 Å². The van der Waals surface area contributed by atoms with E-state index in [-0.39, 0.29) is 33.6 Å². The van der Waals surface area contributed by atoms with Crippen LogP contribution in [0.2, 0.25) is 0 Å². The highest BCUT2D eigenvalue weighted by atomic mass is 32.2. The van der Waals surface area contributed by atoms with Crippen LogP contribution in [0.1, 0.15) is 64.2 Å². The number of carbonyl (C=O) groups excluding carboxylic acids is 4. The molecule has 0 saturated carbocycles. The van der Waals surface area contributed by atoms with E-state index in [2.05, 4.69) is 15.8 Å². The maximum Gasteiger partial charge on any atom is 0.303 e. The lowest BCUT2D eigenvalue weighted by atomic mass is 9.95. The van der Waals surface area contributed by atoms with E-state index in [1.165, 1.54) is 12.1 Å². The average molecular weight is 814 g/mol. The number of hydrogen-bond acceptors (Lipinski definition) is 14. The zero-order chi connectivity index (χ0) is 42.3. The molecule has 1 aromatic heterocycles. The first-order chi connectivity index (χ1) is 27.4. The topological polar surface area (TPSA) is 207 Å². The van der Waals surface area contributed by atoms with Crippen LogP contribution < -0.4 is 9.46 Å². The molecular weight excluding hydrogens is 771 g/mol. The van der Waals surface area contributed by atoms with E-state index < -0.39 is 71.2 Å². The summed E-state index contributed by atoms with van der Waals surface area (Å²) in [5, 5.41) is 10.6. The summed E-state index contributed by atoms with van der Waals surface area (Å²) in [6, 6.07) is 24.2. The van der Waals surface area contributed by atoms with Gasteiger partial charge in [0.1, 0.15) is 24.3 Å². The molecule has 5 rings (SSSR count). The fourth-order valence-corrected chi connectivity index (χ4v) is 7.23. The smallest absolute Gasteiger partial charge is 0.303 e. The van der Waals surface area contributed by atoms with E-state index >= 15 is 0 Å². The van der Waals surface area contributed by atoms with E-state index in [0.717, 1.165) is 38.8 Å². The van der Waals surface area contributed by atoms with Crippen molar-refractivity contribution in [2.45, 2.75) is 90.0 Å². The van der Waals surface area contributed by atoms with Gasteiger partial charge < -0.3 is 28.4 Å². The van der Waals surface area contributed by atoms with E-state index in [1.54, 1.807) is 42.5 Å². The maximum atomic E-state index is 13.1. The number of ether oxygens (including phenoxy) is 6. The minimum absolute atomic E-state index is 0.0450. The molecule has 2 heterocycles. The number of anilines is 1. The Bertz CT molecular complexity index is 2310. The summed E-state index contributed by atoms with van der Waals surface area (Å²) in [5.74, 6) is -3.24. The second-order valence-electron chi connectivity index (χ2n) is 13.8. The van der Waals surface area contributed by atoms with Crippen LogP contribution >= 0.6 is 0 Å². The second kappa shape index (κ2) is 18.3. The monoisotopic (exact) mass is 813 g/mol. The van der Waals surface area contributed by atoms with Gasteiger partial charge in [0, 0.05) is 44.5 Å². The third-order valence-electron chi connectivity index (χ3n) is 8.93. The molecule has 0 radical (unpaired) electrons. The maximum absolute atomic E-state index is 13.1. The molecule has 3 aromatic carbocycles. The van der Waals surface area contributed by atoms with E-state index in [0.29, 0.717) is 16.7 Å². The summed E-state index contributed by atoms with van der Waals surface area (Å²) in [6.45, 7) is 9.89. The summed E-state index contributed by atoms with van der Waals surface area (Å²) in [6.07, 6.45) is -7.55. The first kappa shape index (κ1) is 42.8. The van der Waals surface area contributed by atoms with Gasteiger partial charge in [-0.25, -0.2) is 13.4 Å². The molecule has 1 fully saturated rings. The number of aromatic nitrogens is 1. The van der Waals surface area contributed by atoms with Crippen molar-refractivity contribution >= 4 is 39.6 Å². The van der Waals surface area contributed by atoms with Crippen molar-refractivity contribution in [1.82, 2.24) is 4.98 Å². The van der Waals surface area contributed by atoms with Crippen LogP contribution in [0.5, 0.6) is 5.88 Å². The fraction of sp³-hybridized carbons (Fsp3) is 0.333. The number of benzene rings is 3. The van der Waals surface area contributed by atoms with Gasteiger partial charge in [-0.3, -0.25) is 23.9 Å². The van der Waals surface area contributed by atoms with Crippen LogP contribution in [0.4, 0.5) is 5.69 Å². The third kappa shape index (κ3) is 10.5. The van der Waals surface area contributed by atoms with E-state index in [1.807, 2.05) is 45.0 Å². The molecule has 1 saturated heterocycles. The average Bonchev–Trinajstić information content (AvgIpc) is 3.16. The Morgan fingerprint density at radius 1 is 0.793 bits per heavy atom. The third-order valence-corrected chi connectivity index (χ3v) is 10.3. The molecule has 4 aromatic rings. The van der Waals surface area contributed by atoms with Gasteiger partial charge in [-0.05, 0) is 54.3 Å². The molecule has 1 aliphatic heterocycles. The fourth-order valence-electron chi connectivity index (χ4n) is 6.17. The standard InChI is InChI=1S/C42H43N3O12S/c1-23(2)29-10-12-30(13-11-29)34-20-36(31-14-16-32(17-15-31)45-58(50,51)33-18-8-24(3)9-19-33)44-41(35(34)21-43)57-42-40(55-28(7)49)39(54-27(6)48)38(53-26(5)47)37(56-42)22-52-25(4)46/h8-20,23,37-40,42,45H,22H2,1-7H3/t37-,38-,39+,40-,42+/m1/s1. The normalized spacial score (nSPS) is 19.0. The second-order valence-corrected chi connectivity index (χ2v) is 15.5. The van der Waals surface area contributed by atoms with Crippen molar-refractivity contribution in [3.05, 3.63) is 95.6 Å². The van der Waals surface area contributed by atoms with Crippen molar-refractivity contribution in [3.63, 3.8) is 0 Å². The highest BCUT2D eigenvalue weighted by molar-refractivity contribution is 7.92. The number of nitriles is 1. The quantitative estimate of drug-likeness (QED) is 0.122.